The van der Waals surface area contributed by atoms with Crippen molar-refractivity contribution in [2.24, 2.45) is 0 Å². The molecule has 1 N–H and O–H groups in total. The molecule has 0 aliphatic carbocycles. The van der Waals surface area contributed by atoms with Crippen molar-refractivity contribution < 1.29 is 9.53 Å². The van der Waals surface area contributed by atoms with Gasteiger partial charge in [0.05, 0.1) is 23.7 Å². The van der Waals surface area contributed by atoms with E-state index >= 15 is 0 Å². The molecule has 0 saturated heterocycles. The van der Waals surface area contributed by atoms with Crippen molar-refractivity contribution >= 4 is 35.0 Å². The maximum Gasteiger partial charge on any atom is 0.237 e. The number of thioether (sulfide) groups is 1. The van der Waals surface area contributed by atoms with Gasteiger partial charge in [0.2, 0.25) is 5.91 Å². The average Bonchev–Trinajstić information content (AvgIpc) is 3.25. The summed E-state index contributed by atoms with van der Waals surface area (Å²) in [4.78, 5) is 17.3. The third-order valence-corrected chi connectivity index (χ3v) is 6.75. The van der Waals surface area contributed by atoms with Gasteiger partial charge in [0, 0.05) is 29.0 Å². The van der Waals surface area contributed by atoms with Crippen LogP contribution >= 0.6 is 23.4 Å². The number of amides is 1. The number of hydrogen-bond acceptors (Lipinski definition) is 6. The summed E-state index contributed by atoms with van der Waals surface area (Å²) < 4.78 is 7.35. The van der Waals surface area contributed by atoms with Gasteiger partial charge in [-0.05, 0) is 56.2 Å². The lowest BCUT2D eigenvalue weighted by molar-refractivity contribution is -0.115. The molecule has 0 saturated carbocycles. The van der Waals surface area contributed by atoms with Gasteiger partial charge in [0.25, 0.3) is 0 Å². The average molecular weight is 494 g/mol. The van der Waals surface area contributed by atoms with Crippen molar-refractivity contribution in [1.82, 2.24) is 19.7 Å². The van der Waals surface area contributed by atoms with Crippen LogP contribution in [0.3, 0.4) is 0 Å². The Morgan fingerprint density at radius 1 is 1.12 bits per heavy atom. The number of hydrogen-bond donors (Lipinski definition) is 1. The van der Waals surface area contributed by atoms with Crippen LogP contribution in [0, 0.1) is 13.8 Å². The van der Waals surface area contributed by atoms with E-state index in [0.717, 1.165) is 22.4 Å². The number of para-hydroxylation sites is 1. The van der Waals surface area contributed by atoms with E-state index in [1.165, 1.54) is 11.8 Å². The van der Waals surface area contributed by atoms with Crippen LogP contribution in [-0.2, 0) is 4.79 Å². The third-order valence-electron chi connectivity index (χ3n) is 5.30. The van der Waals surface area contributed by atoms with Gasteiger partial charge in [-0.15, -0.1) is 10.2 Å². The van der Waals surface area contributed by atoms with Crippen molar-refractivity contribution in [3.63, 3.8) is 0 Å². The minimum atomic E-state index is -0.464. The molecule has 1 amide bonds. The van der Waals surface area contributed by atoms with Crippen LogP contribution in [0.2, 0.25) is 5.02 Å². The highest BCUT2D eigenvalue weighted by atomic mass is 35.5. The fourth-order valence-corrected chi connectivity index (χ4v) is 4.45. The lowest BCUT2D eigenvalue weighted by Gasteiger charge is -2.17. The molecule has 4 rings (SSSR count). The van der Waals surface area contributed by atoms with Crippen molar-refractivity contribution in [2.45, 2.75) is 31.2 Å². The molecule has 0 radical (unpaired) electrons. The van der Waals surface area contributed by atoms with Crippen molar-refractivity contribution in [3.8, 4) is 22.8 Å². The first-order chi connectivity index (χ1) is 16.4. The summed E-state index contributed by atoms with van der Waals surface area (Å²) in [5, 5.41) is 12.5. The molecule has 0 bridgehead atoms. The number of nitrogens with one attached hydrogen (secondary N) is 1. The predicted molar refractivity (Wildman–Crippen MR) is 136 cm³/mol. The van der Waals surface area contributed by atoms with Gasteiger partial charge in [-0.3, -0.25) is 14.3 Å². The van der Waals surface area contributed by atoms with Gasteiger partial charge in [-0.1, -0.05) is 41.6 Å². The number of pyridine rings is 1. The Labute approximate surface area is 207 Å². The smallest absolute Gasteiger partial charge is 0.237 e. The monoisotopic (exact) mass is 493 g/mol. The molecule has 34 heavy (non-hydrogen) atoms. The Bertz CT molecular complexity index is 1330. The normalized spacial score (nSPS) is 11.8. The number of halogens is 1. The first-order valence-corrected chi connectivity index (χ1v) is 11.9. The van der Waals surface area contributed by atoms with E-state index in [1.807, 2.05) is 61.7 Å². The number of aromatic nitrogens is 4. The maximum absolute atomic E-state index is 13.1. The second-order valence-electron chi connectivity index (χ2n) is 7.72. The van der Waals surface area contributed by atoms with E-state index in [0.29, 0.717) is 27.4 Å². The SMILES string of the molecule is COc1cc(Cl)c(C)cc1NC(=O)C(C)Sc1nnc(-c2cccnc2)n1-c1ccccc1C. The van der Waals surface area contributed by atoms with Crippen LogP contribution < -0.4 is 10.1 Å². The molecule has 2 heterocycles. The van der Waals surface area contributed by atoms with E-state index in [-0.39, 0.29) is 5.91 Å². The second kappa shape index (κ2) is 10.3. The van der Waals surface area contributed by atoms with Crippen LogP contribution in [0.15, 0.2) is 66.1 Å². The number of methoxy groups -OCH3 is 1. The quantitative estimate of drug-likeness (QED) is 0.331. The lowest BCUT2D eigenvalue weighted by atomic mass is 10.2. The number of benzene rings is 2. The fraction of sp³-hybridized carbons (Fsp3) is 0.200. The second-order valence-corrected chi connectivity index (χ2v) is 9.44. The highest BCUT2D eigenvalue weighted by Crippen LogP contribution is 2.34. The van der Waals surface area contributed by atoms with E-state index in [4.69, 9.17) is 16.3 Å². The molecule has 1 atom stereocenters. The van der Waals surface area contributed by atoms with Crippen molar-refractivity contribution in [2.75, 3.05) is 12.4 Å². The van der Waals surface area contributed by atoms with Crippen LogP contribution in [0.25, 0.3) is 17.1 Å². The molecule has 9 heteroatoms. The molecule has 4 aromatic rings. The van der Waals surface area contributed by atoms with Crippen molar-refractivity contribution in [3.05, 3.63) is 77.1 Å². The minimum absolute atomic E-state index is 0.188. The highest BCUT2D eigenvalue weighted by Gasteiger charge is 2.23. The van der Waals surface area contributed by atoms with Crippen LogP contribution in [-0.4, -0.2) is 38.0 Å². The Kier molecular flexibility index (Phi) is 7.19. The van der Waals surface area contributed by atoms with Crippen LogP contribution in [0.1, 0.15) is 18.1 Å². The van der Waals surface area contributed by atoms with E-state index in [1.54, 1.807) is 31.6 Å². The summed E-state index contributed by atoms with van der Waals surface area (Å²) in [6.45, 7) is 5.73. The van der Waals surface area contributed by atoms with E-state index in [2.05, 4.69) is 20.5 Å². The molecular formula is C25H24ClN5O2S. The number of carbonyl (C=O) groups is 1. The molecule has 1 unspecified atom stereocenters. The van der Waals surface area contributed by atoms with Gasteiger partial charge in [0.15, 0.2) is 11.0 Å². The number of ether oxygens (including phenoxy) is 1. The third kappa shape index (κ3) is 4.93. The lowest BCUT2D eigenvalue weighted by Crippen LogP contribution is -2.23. The summed E-state index contributed by atoms with van der Waals surface area (Å²) in [7, 11) is 1.54. The Hall–Kier alpha value is -3.36. The zero-order valence-electron chi connectivity index (χ0n) is 19.2. The summed E-state index contributed by atoms with van der Waals surface area (Å²) in [6, 6.07) is 15.3. The van der Waals surface area contributed by atoms with Gasteiger partial charge in [0.1, 0.15) is 5.75 Å². The van der Waals surface area contributed by atoms with Crippen LogP contribution in [0.5, 0.6) is 5.75 Å². The summed E-state index contributed by atoms with van der Waals surface area (Å²) in [5.41, 5.74) is 4.25. The number of aryl methyl sites for hydroxylation is 2. The Morgan fingerprint density at radius 3 is 2.62 bits per heavy atom. The molecule has 0 aliphatic rings. The summed E-state index contributed by atoms with van der Waals surface area (Å²) in [5.74, 6) is 0.975. The predicted octanol–water partition coefficient (Wildman–Crippen LogP) is 5.73. The molecule has 0 aliphatic heterocycles. The zero-order valence-corrected chi connectivity index (χ0v) is 20.8. The molecule has 174 valence electrons. The topological polar surface area (TPSA) is 81.9 Å². The standard InChI is InChI=1S/C25H24ClN5O2S/c1-15-8-5-6-10-21(15)31-23(18-9-7-11-27-14-18)29-30-25(31)34-17(3)24(32)28-20-12-16(2)19(26)13-22(20)33-4/h5-14,17H,1-4H3,(H,28,32). The molecule has 2 aromatic heterocycles. The Morgan fingerprint density at radius 2 is 1.91 bits per heavy atom. The number of anilines is 1. The van der Waals surface area contributed by atoms with Crippen molar-refractivity contribution in [1.29, 1.82) is 0 Å². The molecule has 0 spiro atoms. The van der Waals surface area contributed by atoms with Crippen LogP contribution in [0.4, 0.5) is 5.69 Å². The number of carbonyl (C=O) groups excluding carboxylic acids is 1. The van der Waals surface area contributed by atoms with E-state index in [9.17, 15) is 4.79 Å². The molecular weight excluding hydrogens is 470 g/mol. The minimum Gasteiger partial charge on any atom is -0.495 e. The van der Waals surface area contributed by atoms with Gasteiger partial charge < -0.3 is 10.1 Å². The number of nitrogens with zero attached hydrogens (tertiary/aromatic N) is 4. The summed E-state index contributed by atoms with van der Waals surface area (Å²) in [6.07, 6.45) is 3.46. The Balaban J connectivity index is 1.65. The first-order valence-electron chi connectivity index (χ1n) is 10.6. The fourth-order valence-electron chi connectivity index (χ4n) is 3.44. The largest absolute Gasteiger partial charge is 0.495 e. The zero-order chi connectivity index (χ0) is 24.2. The first kappa shape index (κ1) is 23.8. The maximum atomic E-state index is 13.1. The van der Waals surface area contributed by atoms with Gasteiger partial charge in [-0.2, -0.15) is 0 Å². The molecule has 2 aromatic carbocycles. The van der Waals surface area contributed by atoms with Gasteiger partial charge >= 0.3 is 0 Å². The van der Waals surface area contributed by atoms with E-state index < -0.39 is 5.25 Å². The molecule has 0 fully saturated rings. The highest BCUT2D eigenvalue weighted by molar-refractivity contribution is 8.00. The number of rotatable bonds is 7. The van der Waals surface area contributed by atoms with Gasteiger partial charge in [-0.25, -0.2) is 0 Å². The summed E-state index contributed by atoms with van der Waals surface area (Å²) >= 11 is 7.52. The molecule has 7 nitrogen and oxygen atoms in total.